The van der Waals surface area contributed by atoms with E-state index in [2.05, 4.69) is 8.37 Å². The Morgan fingerprint density at radius 1 is 1.00 bits per heavy atom. The highest BCUT2D eigenvalue weighted by molar-refractivity contribution is 7.81. The lowest BCUT2D eigenvalue weighted by Gasteiger charge is -2.36. The van der Waals surface area contributed by atoms with Gasteiger partial charge in [0.25, 0.3) is 0 Å². The predicted octanol–water partition coefficient (Wildman–Crippen LogP) is -1.11. The molecule has 0 aromatic carbocycles. The third-order valence-electron chi connectivity index (χ3n) is 1.94. The molecule has 0 bridgehead atoms. The Bertz CT molecular complexity index is 321. The second-order valence-electron chi connectivity index (χ2n) is 3.16. The van der Waals surface area contributed by atoms with Gasteiger partial charge in [-0.05, 0) is 0 Å². The number of rotatable bonds is 0. The molecule has 82 valence electrons. The van der Waals surface area contributed by atoms with Gasteiger partial charge in [0.15, 0.2) is 0 Å². The molecular formula is C5H8O7S2. The summed E-state index contributed by atoms with van der Waals surface area (Å²) in [5.41, 5.74) is -0.667. The Morgan fingerprint density at radius 2 is 1.50 bits per heavy atom. The number of hydrogen-bond donors (Lipinski definition) is 0. The molecule has 0 amide bonds. The molecule has 0 N–H and O–H groups in total. The Hall–Kier alpha value is -0.0600. The van der Waals surface area contributed by atoms with Crippen LogP contribution in [-0.4, -0.2) is 39.1 Å². The smallest absolute Gasteiger partial charge is 0.268 e. The van der Waals surface area contributed by atoms with Crippen molar-refractivity contribution in [1.29, 1.82) is 0 Å². The summed E-state index contributed by atoms with van der Waals surface area (Å²) in [5.74, 6) is 0. The maximum Gasteiger partial charge on any atom is 0.399 e. The van der Waals surface area contributed by atoms with Crippen LogP contribution in [0.3, 0.4) is 0 Å². The second-order valence-corrected chi connectivity index (χ2v) is 5.33. The monoisotopic (exact) mass is 244 g/mol. The lowest BCUT2D eigenvalue weighted by atomic mass is 9.93. The minimum atomic E-state index is -3.86. The second kappa shape index (κ2) is 3.51. The quantitative estimate of drug-likeness (QED) is 0.533. The molecule has 0 saturated carbocycles. The van der Waals surface area contributed by atoms with Crippen LogP contribution in [0.1, 0.15) is 0 Å². The molecule has 0 aromatic rings. The van der Waals surface area contributed by atoms with Gasteiger partial charge in [0.05, 0.1) is 31.8 Å². The van der Waals surface area contributed by atoms with Crippen LogP contribution in [0.5, 0.6) is 0 Å². The summed E-state index contributed by atoms with van der Waals surface area (Å²) in [5, 5.41) is 0. The van der Waals surface area contributed by atoms with E-state index in [1.165, 1.54) is 0 Å². The summed E-state index contributed by atoms with van der Waals surface area (Å²) in [6.45, 7) is 0.0311. The summed E-state index contributed by atoms with van der Waals surface area (Å²) in [6, 6.07) is 0. The summed E-state index contributed by atoms with van der Waals surface area (Å²) in [6.07, 6.45) is 0. The molecular weight excluding hydrogens is 236 g/mol. The van der Waals surface area contributed by atoms with E-state index < -0.39 is 27.2 Å². The summed E-state index contributed by atoms with van der Waals surface area (Å²) >= 11 is -1.75. The average molecular weight is 244 g/mol. The molecule has 0 aromatic heterocycles. The van der Waals surface area contributed by atoms with E-state index in [0.717, 1.165) is 0 Å². The molecule has 9 heteroatoms. The summed E-state index contributed by atoms with van der Waals surface area (Å²) in [7, 11) is -3.86. The van der Waals surface area contributed by atoms with E-state index in [4.69, 9.17) is 8.37 Å². The van der Waals surface area contributed by atoms with Crippen LogP contribution in [0.25, 0.3) is 0 Å². The van der Waals surface area contributed by atoms with Gasteiger partial charge >= 0.3 is 21.8 Å². The van der Waals surface area contributed by atoms with E-state index in [-0.39, 0.29) is 26.4 Å². The van der Waals surface area contributed by atoms with Gasteiger partial charge in [-0.2, -0.15) is 12.6 Å². The van der Waals surface area contributed by atoms with Gasteiger partial charge in [-0.3, -0.25) is 8.37 Å². The van der Waals surface area contributed by atoms with Crippen LogP contribution in [0.4, 0.5) is 0 Å². The first-order valence-electron chi connectivity index (χ1n) is 3.74. The Kier molecular flexibility index (Phi) is 2.62. The Balaban J connectivity index is 2.03. The van der Waals surface area contributed by atoms with Gasteiger partial charge in [0.1, 0.15) is 0 Å². The summed E-state index contributed by atoms with van der Waals surface area (Å²) < 4.78 is 50.6. The van der Waals surface area contributed by atoms with Crippen molar-refractivity contribution in [3.05, 3.63) is 0 Å². The van der Waals surface area contributed by atoms with E-state index in [1.807, 2.05) is 0 Å². The third-order valence-corrected chi connectivity index (χ3v) is 3.38. The normalized spacial score (nSPS) is 31.7. The van der Waals surface area contributed by atoms with Crippen molar-refractivity contribution in [2.45, 2.75) is 0 Å². The first-order chi connectivity index (χ1) is 6.52. The topological polar surface area (TPSA) is 88.1 Å². The van der Waals surface area contributed by atoms with Gasteiger partial charge in [0.2, 0.25) is 0 Å². The van der Waals surface area contributed by atoms with Crippen molar-refractivity contribution in [2.75, 3.05) is 26.4 Å². The third kappa shape index (κ3) is 2.12. The van der Waals surface area contributed by atoms with Crippen LogP contribution in [-0.2, 0) is 38.5 Å². The fourth-order valence-electron chi connectivity index (χ4n) is 1.06. The molecule has 0 atom stereocenters. The van der Waals surface area contributed by atoms with Crippen LogP contribution < -0.4 is 0 Å². The lowest BCUT2D eigenvalue weighted by molar-refractivity contribution is -0.0538. The van der Waals surface area contributed by atoms with Crippen molar-refractivity contribution in [3.8, 4) is 0 Å². The van der Waals surface area contributed by atoms with Gasteiger partial charge in [-0.25, -0.2) is 8.37 Å². The van der Waals surface area contributed by atoms with Gasteiger partial charge in [-0.15, -0.1) is 0 Å². The zero-order chi connectivity index (χ0) is 10.2. The maximum atomic E-state index is 10.8. The van der Waals surface area contributed by atoms with E-state index in [0.29, 0.717) is 0 Å². The van der Waals surface area contributed by atoms with Crippen LogP contribution >= 0.6 is 0 Å². The van der Waals surface area contributed by atoms with Crippen LogP contribution in [0.2, 0.25) is 0 Å². The van der Waals surface area contributed by atoms with Crippen molar-refractivity contribution >= 4 is 21.8 Å². The molecule has 0 unspecified atom stereocenters. The fourth-order valence-corrected chi connectivity index (χ4v) is 2.68. The van der Waals surface area contributed by atoms with Gasteiger partial charge < -0.3 is 0 Å². The molecule has 2 aliphatic heterocycles. The highest BCUT2D eigenvalue weighted by Crippen LogP contribution is 2.29. The molecule has 2 rings (SSSR count). The minimum Gasteiger partial charge on any atom is -0.268 e. The molecule has 7 nitrogen and oxygen atoms in total. The zero-order valence-corrected chi connectivity index (χ0v) is 8.64. The molecule has 14 heavy (non-hydrogen) atoms. The van der Waals surface area contributed by atoms with Crippen molar-refractivity contribution < 1.29 is 29.4 Å². The standard InChI is InChI=1S/C5H8O7S2/c6-13-9-1-5(2-10-13)3-11-14(7,8)12-4-5/h1-4H2. The Labute approximate surface area is 83.5 Å². The molecule has 2 heterocycles. The molecule has 1 spiro atoms. The van der Waals surface area contributed by atoms with E-state index >= 15 is 0 Å². The first-order valence-corrected chi connectivity index (χ1v) is 6.07. The predicted molar refractivity (Wildman–Crippen MR) is 43.3 cm³/mol. The first kappa shape index (κ1) is 10.5. The highest BCUT2D eigenvalue weighted by atomic mass is 32.3. The SMILES string of the molecule is O=S1OCC2(CO1)COS(=O)(=O)OC2. The maximum absolute atomic E-state index is 10.8. The molecule has 2 fully saturated rings. The Morgan fingerprint density at radius 3 is 2.00 bits per heavy atom. The highest BCUT2D eigenvalue weighted by Gasteiger charge is 2.43. The van der Waals surface area contributed by atoms with E-state index in [1.54, 1.807) is 0 Å². The average Bonchev–Trinajstić information content (AvgIpc) is 2.16. The fraction of sp³-hybridized carbons (Fsp3) is 1.00. The number of hydrogen-bond acceptors (Lipinski definition) is 7. The van der Waals surface area contributed by atoms with Gasteiger partial charge in [-0.1, -0.05) is 0 Å². The van der Waals surface area contributed by atoms with E-state index in [9.17, 15) is 12.6 Å². The molecule has 2 aliphatic rings. The molecule has 2 saturated heterocycles. The molecule has 0 radical (unpaired) electrons. The zero-order valence-electron chi connectivity index (χ0n) is 7.00. The summed E-state index contributed by atoms with van der Waals surface area (Å²) in [4.78, 5) is 0. The van der Waals surface area contributed by atoms with Crippen molar-refractivity contribution in [2.24, 2.45) is 5.41 Å². The lowest BCUT2D eigenvalue weighted by Crippen LogP contribution is -2.49. The van der Waals surface area contributed by atoms with Crippen LogP contribution in [0, 0.1) is 5.41 Å². The van der Waals surface area contributed by atoms with Gasteiger partial charge in [0, 0.05) is 0 Å². The van der Waals surface area contributed by atoms with Crippen LogP contribution in [0.15, 0.2) is 0 Å². The van der Waals surface area contributed by atoms with Crippen molar-refractivity contribution in [1.82, 2.24) is 0 Å². The van der Waals surface area contributed by atoms with Crippen molar-refractivity contribution in [3.63, 3.8) is 0 Å². The molecule has 0 aliphatic carbocycles. The largest absolute Gasteiger partial charge is 0.399 e. The minimum absolute atomic E-state index is 0.0769.